The highest BCUT2D eigenvalue weighted by Gasteiger charge is 2.25. The third kappa shape index (κ3) is 1.92. The number of thiophene rings is 1. The molecular formula is C14H12N2O2S2. The van der Waals surface area contributed by atoms with Gasteiger partial charge in [-0.05, 0) is 17.2 Å². The molecule has 2 N–H and O–H groups in total. The van der Waals surface area contributed by atoms with Crippen LogP contribution in [0.15, 0.2) is 34.0 Å². The summed E-state index contributed by atoms with van der Waals surface area (Å²) >= 11 is 2.99. The molecular weight excluding hydrogens is 292 g/mol. The van der Waals surface area contributed by atoms with Crippen LogP contribution >= 0.6 is 23.1 Å². The van der Waals surface area contributed by atoms with E-state index in [9.17, 15) is 9.90 Å². The highest BCUT2D eigenvalue weighted by Crippen LogP contribution is 2.30. The van der Waals surface area contributed by atoms with Gasteiger partial charge in [-0.3, -0.25) is 4.79 Å². The Morgan fingerprint density at radius 1 is 1.60 bits per heavy atom. The maximum Gasteiger partial charge on any atom is 0.280 e. The lowest BCUT2D eigenvalue weighted by Crippen LogP contribution is -2.22. The van der Waals surface area contributed by atoms with Crippen LogP contribution in [0.2, 0.25) is 0 Å². The van der Waals surface area contributed by atoms with Gasteiger partial charge in [0.25, 0.3) is 5.91 Å². The van der Waals surface area contributed by atoms with E-state index in [1.54, 1.807) is 0 Å². The van der Waals surface area contributed by atoms with E-state index in [4.69, 9.17) is 0 Å². The fourth-order valence-corrected chi connectivity index (χ4v) is 3.65. The highest BCUT2D eigenvalue weighted by molar-refractivity contribution is 8.03. The molecule has 0 saturated carbocycles. The fourth-order valence-electron chi connectivity index (χ4n) is 2.19. The van der Waals surface area contributed by atoms with Gasteiger partial charge < -0.3 is 10.1 Å². The van der Waals surface area contributed by atoms with Gasteiger partial charge >= 0.3 is 0 Å². The Morgan fingerprint density at radius 3 is 3.05 bits per heavy atom. The number of hydrogen-bond donors (Lipinski definition) is 2. The molecule has 0 saturated heterocycles. The van der Waals surface area contributed by atoms with E-state index in [1.165, 1.54) is 23.1 Å². The van der Waals surface area contributed by atoms with Crippen LogP contribution in [-0.2, 0) is 4.79 Å². The Balaban J connectivity index is 2.28. The minimum absolute atomic E-state index is 0.0421. The maximum atomic E-state index is 12.1. The first-order valence-electron chi connectivity index (χ1n) is 6.07. The van der Waals surface area contributed by atoms with Crippen molar-refractivity contribution in [2.75, 3.05) is 5.75 Å². The summed E-state index contributed by atoms with van der Waals surface area (Å²) in [6.07, 6.45) is 0. The Morgan fingerprint density at radius 2 is 2.40 bits per heavy atom. The van der Waals surface area contributed by atoms with Gasteiger partial charge in [0.1, 0.15) is 5.36 Å². The third-order valence-electron chi connectivity index (χ3n) is 3.00. The minimum Gasteiger partial charge on any atom is -0.494 e. The molecule has 0 aromatic carbocycles. The normalized spacial score (nSPS) is 13.4. The quantitative estimate of drug-likeness (QED) is 0.908. The first-order chi connectivity index (χ1) is 9.63. The van der Waals surface area contributed by atoms with Gasteiger partial charge in [-0.15, -0.1) is 23.1 Å². The molecule has 0 aliphatic carbocycles. The second-order valence-corrected chi connectivity index (χ2v) is 6.50. The molecule has 1 amide bonds. The Labute approximate surface area is 123 Å². The molecule has 0 unspecified atom stereocenters. The molecule has 3 heterocycles. The summed E-state index contributed by atoms with van der Waals surface area (Å²) in [4.78, 5) is 20.6. The Kier molecular flexibility index (Phi) is 3.27. The van der Waals surface area contributed by atoms with Crippen molar-refractivity contribution in [3.63, 3.8) is 0 Å². The number of aromatic hydroxyl groups is 1. The van der Waals surface area contributed by atoms with E-state index in [0.717, 1.165) is 10.6 Å². The molecule has 0 radical (unpaired) electrons. The lowest BCUT2D eigenvalue weighted by atomic mass is 10.2. The van der Waals surface area contributed by atoms with Crippen LogP contribution in [0.25, 0.3) is 16.0 Å². The third-order valence-corrected chi connectivity index (χ3v) is 4.72. The van der Waals surface area contributed by atoms with Crippen molar-refractivity contribution in [2.45, 2.75) is 6.92 Å². The molecule has 1 aliphatic rings. The van der Waals surface area contributed by atoms with Crippen LogP contribution in [-0.4, -0.2) is 21.8 Å². The summed E-state index contributed by atoms with van der Waals surface area (Å²) in [7, 11) is 0. The van der Waals surface area contributed by atoms with Crippen LogP contribution in [0.3, 0.4) is 0 Å². The fraction of sp³-hybridized carbons (Fsp3) is 0.143. The largest absolute Gasteiger partial charge is 0.494 e. The average molecular weight is 304 g/mol. The number of thioether (sulfide) groups is 1. The second kappa shape index (κ2) is 4.96. The average Bonchev–Trinajstić information content (AvgIpc) is 3.05. The molecule has 4 nitrogen and oxygen atoms in total. The number of carbonyl (C=O) groups excluding carboxylic acids is 1. The molecule has 0 fully saturated rings. The van der Waals surface area contributed by atoms with E-state index >= 15 is 0 Å². The number of aromatic nitrogens is 1. The predicted octanol–water partition coefficient (Wildman–Crippen LogP) is 2.03. The minimum atomic E-state index is -0.296. The molecule has 1 aliphatic heterocycles. The monoisotopic (exact) mass is 304 g/mol. The summed E-state index contributed by atoms with van der Waals surface area (Å²) in [6.45, 7) is 5.92. The number of aromatic amines is 1. The summed E-state index contributed by atoms with van der Waals surface area (Å²) in [5, 5.41) is 13.1. The Bertz CT molecular complexity index is 816. The molecule has 2 aromatic rings. The lowest BCUT2D eigenvalue weighted by molar-refractivity contribution is -0.112. The van der Waals surface area contributed by atoms with Gasteiger partial charge in [-0.1, -0.05) is 19.6 Å². The first kappa shape index (κ1) is 13.2. The van der Waals surface area contributed by atoms with Crippen LogP contribution in [0.1, 0.15) is 6.92 Å². The molecule has 20 heavy (non-hydrogen) atoms. The van der Waals surface area contributed by atoms with Crippen molar-refractivity contribution >= 4 is 34.6 Å². The van der Waals surface area contributed by atoms with Crippen molar-refractivity contribution in [1.29, 1.82) is 0 Å². The number of nitrogens with zero attached hydrogens (tertiary/aromatic N) is 1. The van der Waals surface area contributed by atoms with Crippen molar-refractivity contribution in [2.24, 2.45) is 4.99 Å². The number of rotatable bonds is 4. The molecule has 0 atom stereocenters. The van der Waals surface area contributed by atoms with Gasteiger partial charge in [0.15, 0.2) is 5.88 Å². The van der Waals surface area contributed by atoms with Crippen molar-refractivity contribution in [3.05, 3.63) is 39.7 Å². The van der Waals surface area contributed by atoms with Crippen LogP contribution < -0.4 is 10.7 Å². The van der Waals surface area contributed by atoms with Crippen molar-refractivity contribution in [3.8, 4) is 16.3 Å². The van der Waals surface area contributed by atoms with Crippen LogP contribution in [0.4, 0.5) is 0 Å². The van der Waals surface area contributed by atoms with Gasteiger partial charge in [0, 0.05) is 9.78 Å². The van der Waals surface area contributed by atoms with Crippen LogP contribution in [0, 0.1) is 0 Å². The molecule has 0 spiro atoms. The highest BCUT2D eigenvalue weighted by atomic mass is 32.2. The SMILES string of the molecule is C=C(SCC)C1=c2[nH]c(O)c(-c3cccs3)c2=NC1=O. The maximum absolute atomic E-state index is 12.1. The zero-order valence-electron chi connectivity index (χ0n) is 10.8. The smallest absolute Gasteiger partial charge is 0.280 e. The van der Waals surface area contributed by atoms with E-state index in [0.29, 0.717) is 26.7 Å². The number of amides is 1. The molecule has 102 valence electrons. The zero-order valence-corrected chi connectivity index (χ0v) is 12.4. The number of nitrogens with one attached hydrogen (secondary N) is 1. The van der Waals surface area contributed by atoms with Crippen molar-refractivity contribution in [1.82, 2.24) is 4.98 Å². The summed E-state index contributed by atoms with van der Waals surface area (Å²) in [5.74, 6) is 0.575. The molecule has 2 aromatic heterocycles. The number of H-pyrrole nitrogens is 1. The standard InChI is InChI=1S/C14H12N2O2S2/c1-3-19-7(2)9-11-12(16-13(9)17)10(14(18)15-11)8-5-4-6-20-8/h4-6,15,18H,2-3H2,1H3. The zero-order chi connectivity index (χ0) is 14.3. The lowest BCUT2D eigenvalue weighted by Gasteiger charge is -2.01. The topological polar surface area (TPSA) is 65.4 Å². The number of carbonyl (C=O) groups is 1. The van der Waals surface area contributed by atoms with Gasteiger partial charge in [-0.25, -0.2) is 4.99 Å². The number of hydrogen-bond acceptors (Lipinski definition) is 4. The van der Waals surface area contributed by atoms with Gasteiger partial charge in [0.05, 0.1) is 16.5 Å². The predicted molar refractivity (Wildman–Crippen MR) is 82.2 cm³/mol. The van der Waals surface area contributed by atoms with E-state index in [-0.39, 0.29) is 11.8 Å². The van der Waals surface area contributed by atoms with Gasteiger partial charge in [-0.2, -0.15) is 0 Å². The molecule has 0 bridgehead atoms. The summed E-state index contributed by atoms with van der Waals surface area (Å²) < 4.78 is 0. The Hall–Kier alpha value is -1.79. The summed E-state index contributed by atoms with van der Waals surface area (Å²) in [6, 6.07) is 3.79. The first-order valence-corrected chi connectivity index (χ1v) is 7.94. The van der Waals surface area contributed by atoms with Crippen molar-refractivity contribution < 1.29 is 9.90 Å². The van der Waals surface area contributed by atoms with E-state index < -0.39 is 0 Å². The number of fused-ring (bicyclic) bond motifs is 1. The van der Waals surface area contributed by atoms with E-state index in [1.807, 2.05) is 24.4 Å². The molecule has 3 rings (SSSR count). The molecule has 6 heteroatoms. The van der Waals surface area contributed by atoms with Gasteiger partial charge in [0.2, 0.25) is 0 Å². The second-order valence-electron chi connectivity index (χ2n) is 4.20. The summed E-state index contributed by atoms with van der Waals surface area (Å²) in [5.41, 5.74) is 1.05. The van der Waals surface area contributed by atoms with Crippen LogP contribution in [0.5, 0.6) is 5.88 Å². The van der Waals surface area contributed by atoms with E-state index in [2.05, 4.69) is 16.6 Å².